The smallest absolute Gasteiger partial charge is 0.274 e. The second-order valence-electron chi connectivity index (χ2n) is 6.89. The average Bonchev–Trinajstić information content (AvgIpc) is 2.74. The Labute approximate surface area is 178 Å². The van der Waals surface area contributed by atoms with Crippen LogP contribution in [-0.4, -0.2) is 10.00 Å². The number of hydrogen-bond donors (Lipinski definition) is 2. The highest BCUT2D eigenvalue weighted by molar-refractivity contribution is 7.89. The second kappa shape index (κ2) is 8.47. The number of anilines is 2. The minimum atomic E-state index is -1.28. The summed E-state index contributed by atoms with van der Waals surface area (Å²) in [5.74, 6) is 0.0283. The zero-order valence-corrected chi connectivity index (χ0v) is 17.0. The molecular weight excluding hydrogens is 396 g/mol. The summed E-state index contributed by atoms with van der Waals surface area (Å²) in [6, 6.07) is 23.6. The van der Waals surface area contributed by atoms with E-state index in [0.29, 0.717) is 34.2 Å². The first kappa shape index (κ1) is 19.8. The second-order valence-corrected chi connectivity index (χ2v) is 8.37. The van der Waals surface area contributed by atoms with Crippen molar-refractivity contribution in [2.75, 3.05) is 11.5 Å². The Morgan fingerprint density at radius 2 is 1.40 bits per heavy atom. The Morgan fingerprint density at radius 3 is 1.90 bits per heavy atom. The summed E-state index contributed by atoms with van der Waals surface area (Å²) in [5.41, 5.74) is 13.0. The molecule has 0 spiro atoms. The average molecular weight is 419 g/mol. The van der Waals surface area contributed by atoms with Gasteiger partial charge < -0.3 is 20.9 Å². The minimum absolute atomic E-state index is 0.362. The maximum Gasteiger partial charge on any atom is 0.274 e. The fourth-order valence-electron chi connectivity index (χ4n) is 3.13. The number of hydrogen-bond acceptors (Lipinski definition) is 5. The topological polar surface area (TPSA) is 87.6 Å². The van der Waals surface area contributed by atoms with Gasteiger partial charge in [0.05, 0.1) is 10.8 Å². The third-order valence-corrected chi connectivity index (χ3v) is 5.99. The zero-order chi connectivity index (χ0) is 21.0. The third-order valence-electron chi connectivity index (χ3n) is 4.56. The van der Waals surface area contributed by atoms with Crippen LogP contribution in [-0.2, 0) is 10.8 Å². The van der Waals surface area contributed by atoms with Crippen LogP contribution in [0, 0.1) is 0 Å². The maximum atomic E-state index is 12.9. The molecule has 6 heteroatoms. The highest BCUT2D eigenvalue weighted by Crippen LogP contribution is 2.33. The van der Waals surface area contributed by atoms with Crippen molar-refractivity contribution >= 4 is 22.2 Å². The van der Waals surface area contributed by atoms with Crippen LogP contribution in [0.2, 0.25) is 0 Å². The molecule has 0 aliphatic heterocycles. The summed E-state index contributed by atoms with van der Waals surface area (Å²) in [5, 5.41) is 0. The number of rotatable bonds is 6. The quantitative estimate of drug-likeness (QED) is 0.449. The lowest BCUT2D eigenvalue weighted by atomic mass is 10.1. The molecule has 0 aromatic heterocycles. The van der Waals surface area contributed by atoms with Crippen molar-refractivity contribution < 1.29 is 13.7 Å². The highest BCUT2D eigenvalue weighted by atomic mass is 32.2. The van der Waals surface area contributed by atoms with Gasteiger partial charge in [-0.1, -0.05) is 36.4 Å². The standard InChI is InChI=1S/C24H22N2O3S/c25-18-6-4-8-20(16-18)28-24(29-21-9-5-7-19(26)17-21)14-12-23(13-15-24)30(27)22-10-2-1-3-11-22/h1-14,16-17H,15,25-26H2/t30-/m1/s1. The molecule has 0 bridgehead atoms. The van der Waals surface area contributed by atoms with E-state index in [-0.39, 0.29) is 0 Å². The molecule has 0 fully saturated rings. The van der Waals surface area contributed by atoms with Gasteiger partial charge in [-0.05, 0) is 42.5 Å². The maximum absolute atomic E-state index is 12.9. The van der Waals surface area contributed by atoms with Crippen LogP contribution in [0.1, 0.15) is 6.42 Å². The molecule has 5 nitrogen and oxygen atoms in total. The molecule has 4 rings (SSSR count). The van der Waals surface area contributed by atoms with E-state index in [2.05, 4.69) is 0 Å². The van der Waals surface area contributed by atoms with Gasteiger partial charge >= 0.3 is 0 Å². The van der Waals surface area contributed by atoms with Gasteiger partial charge in [0.2, 0.25) is 0 Å². The highest BCUT2D eigenvalue weighted by Gasteiger charge is 2.34. The summed E-state index contributed by atoms with van der Waals surface area (Å²) in [6.07, 6.45) is 5.81. The summed E-state index contributed by atoms with van der Waals surface area (Å²) >= 11 is 0. The molecule has 0 heterocycles. The lowest BCUT2D eigenvalue weighted by Crippen LogP contribution is -2.41. The van der Waals surface area contributed by atoms with Crippen molar-refractivity contribution in [2.24, 2.45) is 0 Å². The number of ether oxygens (including phenoxy) is 2. The molecule has 4 N–H and O–H groups in total. The van der Waals surface area contributed by atoms with Gasteiger partial charge in [0.15, 0.2) is 0 Å². The van der Waals surface area contributed by atoms with E-state index in [1.54, 1.807) is 36.4 Å². The molecule has 3 aromatic carbocycles. The molecule has 152 valence electrons. The number of allylic oxidation sites excluding steroid dienone is 1. The Kier molecular flexibility index (Phi) is 5.59. The molecule has 0 radical (unpaired) electrons. The summed E-state index contributed by atoms with van der Waals surface area (Å²) in [7, 11) is -1.28. The normalized spacial score (nSPS) is 15.8. The molecule has 0 saturated carbocycles. The Hall–Kier alpha value is -3.51. The van der Waals surface area contributed by atoms with Crippen LogP contribution in [0.4, 0.5) is 11.4 Å². The van der Waals surface area contributed by atoms with Crippen molar-refractivity contribution in [3.8, 4) is 11.5 Å². The Balaban J connectivity index is 1.62. The van der Waals surface area contributed by atoms with Crippen molar-refractivity contribution in [1.82, 2.24) is 0 Å². The summed E-state index contributed by atoms with van der Waals surface area (Å²) in [4.78, 5) is 1.44. The number of nitrogens with two attached hydrogens (primary N) is 2. The molecule has 1 atom stereocenters. The van der Waals surface area contributed by atoms with Crippen molar-refractivity contribution in [3.05, 3.63) is 102 Å². The molecule has 1 aliphatic rings. The minimum Gasteiger partial charge on any atom is -0.448 e. The lowest BCUT2D eigenvalue weighted by molar-refractivity contribution is -0.0687. The van der Waals surface area contributed by atoms with Gasteiger partial charge in [0, 0.05) is 45.8 Å². The van der Waals surface area contributed by atoms with Crippen molar-refractivity contribution in [2.45, 2.75) is 17.1 Å². The third kappa shape index (κ3) is 4.55. The van der Waals surface area contributed by atoms with E-state index in [4.69, 9.17) is 20.9 Å². The monoisotopic (exact) mass is 418 g/mol. The van der Waals surface area contributed by atoms with Gasteiger partial charge in [-0.25, -0.2) is 4.21 Å². The van der Waals surface area contributed by atoms with Crippen LogP contribution >= 0.6 is 0 Å². The van der Waals surface area contributed by atoms with Crippen molar-refractivity contribution in [3.63, 3.8) is 0 Å². The first-order valence-electron chi connectivity index (χ1n) is 9.48. The van der Waals surface area contributed by atoms with E-state index >= 15 is 0 Å². The largest absolute Gasteiger partial charge is 0.448 e. The molecule has 0 saturated heterocycles. The zero-order valence-electron chi connectivity index (χ0n) is 16.2. The molecule has 30 heavy (non-hydrogen) atoms. The predicted octanol–water partition coefficient (Wildman–Crippen LogP) is 4.66. The Morgan fingerprint density at radius 1 is 0.800 bits per heavy atom. The van der Waals surface area contributed by atoms with E-state index in [9.17, 15) is 4.21 Å². The van der Waals surface area contributed by atoms with E-state index in [1.807, 2.05) is 60.7 Å². The fourth-order valence-corrected chi connectivity index (χ4v) is 4.24. The summed E-state index contributed by atoms with van der Waals surface area (Å²) < 4.78 is 25.3. The van der Waals surface area contributed by atoms with Gasteiger partial charge in [-0.2, -0.15) is 0 Å². The van der Waals surface area contributed by atoms with Gasteiger partial charge in [-0.3, -0.25) is 0 Å². The van der Waals surface area contributed by atoms with Crippen LogP contribution in [0.25, 0.3) is 0 Å². The molecular formula is C24H22N2O3S. The van der Waals surface area contributed by atoms with Gasteiger partial charge in [-0.15, -0.1) is 0 Å². The first-order chi connectivity index (χ1) is 14.5. The van der Waals surface area contributed by atoms with E-state index in [1.165, 1.54) is 0 Å². The van der Waals surface area contributed by atoms with E-state index < -0.39 is 16.6 Å². The van der Waals surface area contributed by atoms with Crippen LogP contribution in [0.3, 0.4) is 0 Å². The lowest BCUT2D eigenvalue weighted by Gasteiger charge is -2.33. The van der Waals surface area contributed by atoms with Crippen molar-refractivity contribution in [1.29, 1.82) is 0 Å². The van der Waals surface area contributed by atoms with Crippen LogP contribution in [0.15, 0.2) is 107 Å². The molecule has 3 aromatic rings. The summed E-state index contributed by atoms with van der Waals surface area (Å²) in [6.45, 7) is 0. The first-order valence-corrected chi connectivity index (χ1v) is 10.6. The SMILES string of the molecule is Nc1cccc(OC2(Oc3cccc(N)c3)C=CC([S@](=O)c3ccccc3)=CC2)c1. The van der Waals surface area contributed by atoms with Crippen LogP contribution < -0.4 is 20.9 Å². The molecule has 0 unspecified atom stereocenters. The van der Waals surface area contributed by atoms with Crippen LogP contribution in [0.5, 0.6) is 11.5 Å². The predicted molar refractivity (Wildman–Crippen MR) is 120 cm³/mol. The number of benzene rings is 3. The Bertz CT molecular complexity index is 1080. The molecule has 1 aliphatic carbocycles. The van der Waals surface area contributed by atoms with E-state index in [0.717, 1.165) is 4.90 Å². The van der Waals surface area contributed by atoms with Gasteiger partial charge in [0.25, 0.3) is 5.79 Å². The van der Waals surface area contributed by atoms with Gasteiger partial charge in [0.1, 0.15) is 11.5 Å². The molecule has 0 amide bonds. The fraction of sp³-hybridized carbons (Fsp3) is 0.0833. The number of nitrogen functional groups attached to an aromatic ring is 2.